The number of aldehydes is 1. The fourth-order valence-electron chi connectivity index (χ4n) is 1.15. The van der Waals surface area contributed by atoms with Gasteiger partial charge in [0, 0.05) is 23.2 Å². The summed E-state index contributed by atoms with van der Waals surface area (Å²) in [5.41, 5.74) is 5.98. The SMILES string of the molecule is CC(C)(C=O)CNc1cccc(C(N)=O)c1. The number of anilines is 1. The van der Waals surface area contributed by atoms with Crippen molar-refractivity contribution in [3.8, 4) is 0 Å². The van der Waals surface area contributed by atoms with Gasteiger partial charge in [-0.3, -0.25) is 4.79 Å². The normalized spacial score (nSPS) is 10.9. The minimum absolute atomic E-state index is 0.428. The molecule has 1 amide bonds. The Hall–Kier alpha value is -1.84. The summed E-state index contributed by atoms with van der Waals surface area (Å²) in [5.74, 6) is -0.460. The van der Waals surface area contributed by atoms with Crippen LogP contribution >= 0.6 is 0 Å². The van der Waals surface area contributed by atoms with Crippen LogP contribution in [0.25, 0.3) is 0 Å². The summed E-state index contributed by atoms with van der Waals surface area (Å²) in [6.45, 7) is 4.19. The van der Waals surface area contributed by atoms with Crippen molar-refractivity contribution in [2.45, 2.75) is 13.8 Å². The average Bonchev–Trinajstić information content (AvgIpc) is 2.27. The predicted octanol–water partition coefficient (Wildman–Crippen LogP) is 1.42. The van der Waals surface area contributed by atoms with E-state index >= 15 is 0 Å². The van der Waals surface area contributed by atoms with Crippen LogP contribution in [0.1, 0.15) is 24.2 Å². The second-order valence-corrected chi connectivity index (χ2v) is 4.41. The lowest BCUT2D eigenvalue weighted by atomic mass is 9.96. The molecule has 4 nitrogen and oxygen atoms in total. The zero-order valence-corrected chi connectivity index (χ0v) is 9.49. The molecule has 0 radical (unpaired) electrons. The number of hydrogen-bond acceptors (Lipinski definition) is 3. The summed E-state index contributed by atoms with van der Waals surface area (Å²) < 4.78 is 0. The Labute approximate surface area is 94.8 Å². The molecule has 0 saturated heterocycles. The molecule has 1 aromatic rings. The molecular weight excluding hydrogens is 204 g/mol. The molecule has 1 aromatic carbocycles. The lowest BCUT2D eigenvalue weighted by Gasteiger charge is -2.18. The number of amides is 1. The highest BCUT2D eigenvalue weighted by Gasteiger charge is 2.15. The molecule has 0 fully saturated rings. The van der Waals surface area contributed by atoms with Crippen LogP contribution in [0.2, 0.25) is 0 Å². The smallest absolute Gasteiger partial charge is 0.248 e. The van der Waals surface area contributed by atoms with Crippen LogP contribution < -0.4 is 11.1 Å². The van der Waals surface area contributed by atoms with E-state index in [1.165, 1.54) is 0 Å². The van der Waals surface area contributed by atoms with Gasteiger partial charge in [0.2, 0.25) is 5.91 Å². The number of primary amides is 1. The Kier molecular flexibility index (Phi) is 3.66. The van der Waals surface area contributed by atoms with E-state index in [2.05, 4.69) is 5.32 Å². The topological polar surface area (TPSA) is 72.2 Å². The molecule has 1 rings (SSSR count). The summed E-state index contributed by atoms with van der Waals surface area (Å²) in [6.07, 6.45) is 0.901. The third kappa shape index (κ3) is 3.38. The Morgan fingerprint density at radius 1 is 1.50 bits per heavy atom. The maximum atomic E-state index is 10.9. The lowest BCUT2D eigenvalue weighted by Crippen LogP contribution is -2.24. The number of hydrogen-bond donors (Lipinski definition) is 2. The maximum absolute atomic E-state index is 10.9. The van der Waals surface area contributed by atoms with Crippen LogP contribution in [-0.4, -0.2) is 18.7 Å². The number of rotatable bonds is 5. The zero-order chi connectivity index (χ0) is 12.2. The fraction of sp³-hybridized carbons (Fsp3) is 0.333. The van der Waals surface area contributed by atoms with Crippen LogP contribution in [0.4, 0.5) is 5.69 Å². The number of nitrogens with one attached hydrogen (secondary N) is 1. The summed E-state index contributed by atoms with van der Waals surface area (Å²) >= 11 is 0. The molecule has 0 heterocycles. The molecule has 0 atom stereocenters. The minimum atomic E-state index is -0.460. The van der Waals surface area contributed by atoms with E-state index < -0.39 is 11.3 Å². The minimum Gasteiger partial charge on any atom is -0.384 e. The van der Waals surface area contributed by atoms with Gasteiger partial charge in [0.25, 0.3) is 0 Å². The maximum Gasteiger partial charge on any atom is 0.248 e. The van der Waals surface area contributed by atoms with Gasteiger partial charge in [-0.2, -0.15) is 0 Å². The number of carbonyl (C=O) groups is 2. The van der Waals surface area contributed by atoms with Crippen LogP contribution in [0.3, 0.4) is 0 Å². The monoisotopic (exact) mass is 220 g/mol. The molecule has 86 valence electrons. The summed E-state index contributed by atoms with van der Waals surface area (Å²) in [7, 11) is 0. The second kappa shape index (κ2) is 4.79. The van der Waals surface area contributed by atoms with Gasteiger partial charge in [-0.15, -0.1) is 0 Å². The molecule has 0 aromatic heterocycles. The summed E-state index contributed by atoms with van der Waals surface area (Å²) in [6, 6.07) is 6.89. The molecule has 0 aliphatic carbocycles. The van der Waals surface area contributed by atoms with E-state index in [0.717, 1.165) is 12.0 Å². The highest BCUT2D eigenvalue weighted by atomic mass is 16.1. The van der Waals surface area contributed by atoms with Crippen LogP contribution in [0.5, 0.6) is 0 Å². The molecule has 0 unspecified atom stereocenters. The van der Waals surface area contributed by atoms with E-state index in [4.69, 9.17) is 5.73 Å². The highest BCUT2D eigenvalue weighted by molar-refractivity contribution is 5.93. The van der Waals surface area contributed by atoms with Crippen molar-refractivity contribution in [2.75, 3.05) is 11.9 Å². The van der Waals surface area contributed by atoms with Gasteiger partial charge in [0.05, 0.1) is 0 Å². The first-order valence-corrected chi connectivity index (χ1v) is 5.05. The van der Waals surface area contributed by atoms with Crippen molar-refractivity contribution in [1.29, 1.82) is 0 Å². The quantitative estimate of drug-likeness (QED) is 0.737. The lowest BCUT2D eigenvalue weighted by molar-refractivity contribution is -0.114. The van der Waals surface area contributed by atoms with E-state index in [1.54, 1.807) is 18.2 Å². The summed E-state index contributed by atoms with van der Waals surface area (Å²) in [5, 5.41) is 3.09. The predicted molar refractivity (Wildman–Crippen MR) is 63.3 cm³/mol. The second-order valence-electron chi connectivity index (χ2n) is 4.41. The van der Waals surface area contributed by atoms with Crippen LogP contribution in [-0.2, 0) is 4.79 Å². The van der Waals surface area contributed by atoms with Crippen molar-refractivity contribution in [1.82, 2.24) is 0 Å². The molecule has 0 spiro atoms. The number of nitrogens with two attached hydrogens (primary N) is 1. The molecule has 0 bridgehead atoms. The van der Waals surface area contributed by atoms with Gasteiger partial charge in [-0.05, 0) is 18.2 Å². The standard InChI is InChI=1S/C12H16N2O2/c1-12(2,8-15)7-14-10-5-3-4-9(6-10)11(13)16/h3-6,8,14H,7H2,1-2H3,(H2,13,16). The largest absolute Gasteiger partial charge is 0.384 e. The molecule has 0 aliphatic rings. The van der Waals surface area contributed by atoms with Crippen molar-refractivity contribution in [2.24, 2.45) is 11.1 Å². The van der Waals surface area contributed by atoms with Gasteiger partial charge in [0.1, 0.15) is 6.29 Å². The Morgan fingerprint density at radius 3 is 2.75 bits per heavy atom. The first-order chi connectivity index (χ1) is 7.44. The molecular formula is C12H16N2O2. The van der Waals surface area contributed by atoms with E-state index in [9.17, 15) is 9.59 Å². The Morgan fingerprint density at radius 2 is 2.19 bits per heavy atom. The first kappa shape index (κ1) is 12.2. The summed E-state index contributed by atoms with van der Waals surface area (Å²) in [4.78, 5) is 21.7. The van der Waals surface area contributed by atoms with Gasteiger partial charge in [-0.1, -0.05) is 19.9 Å². The molecule has 3 N–H and O–H groups in total. The average molecular weight is 220 g/mol. The van der Waals surface area contributed by atoms with E-state index in [0.29, 0.717) is 12.1 Å². The number of carbonyl (C=O) groups excluding carboxylic acids is 2. The van der Waals surface area contributed by atoms with Crippen LogP contribution in [0.15, 0.2) is 24.3 Å². The highest BCUT2D eigenvalue weighted by Crippen LogP contribution is 2.15. The van der Waals surface area contributed by atoms with Crippen molar-refractivity contribution >= 4 is 17.9 Å². The van der Waals surface area contributed by atoms with E-state index in [1.807, 2.05) is 19.9 Å². The molecule has 0 aliphatic heterocycles. The van der Waals surface area contributed by atoms with Crippen molar-refractivity contribution < 1.29 is 9.59 Å². The number of benzene rings is 1. The van der Waals surface area contributed by atoms with Gasteiger partial charge in [0.15, 0.2) is 0 Å². The molecule has 4 heteroatoms. The Balaban J connectivity index is 2.71. The fourth-order valence-corrected chi connectivity index (χ4v) is 1.15. The van der Waals surface area contributed by atoms with Gasteiger partial charge < -0.3 is 15.8 Å². The third-order valence-electron chi connectivity index (χ3n) is 2.21. The van der Waals surface area contributed by atoms with Crippen molar-refractivity contribution in [3.63, 3.8) is 0 Å². The molecule has 16 heavy (non-hydrogen) atoms. The Bertz CT molecular complexity index is 400. The van der Waals surface area contributed by atoms with Gasteiger partial charge >= 0.3 is 0 Å². The first-order valence-electron chi connectivity index (χ1n) is 5.05. The molecule has 0 saturated carbocycles. The zero-order valence-electron chi connectivity index (χ0n) is 9.49. The van der Waals surface area contributed by atoms with E-state index in [-0.39, 0.29) is 0 Å². The van der Waals surface area contributed by atoms with Gasteiger partial charge in [-0.25, -0.2) is 0 Å². The van der Waals surface area contributed by atoms with Crippen molar-refractivity contribution in [3.05, 3.63) is 29.8 Å². The van der Waals surface area contributed by atoms with Crippen LogP contribution in [0, 0.1) is 5.41 Å². The third-order valence-corrected chi connectivity index (χ3v) is 2.21.